The Morgan fingerprint density at radius 1 is 1.04 bits per heavy atom. The van der Waals surface area contributed by atoms with Crippen LogP contribution in [0.15, 0.2) is 53.7 Å². The Bertz CT molecular complexity index is 998. The highest BCUT2D eigenvalue weighted by Gasteiger charge is 2.13. The maximum atomic E-state index is 12.3. The van der Waals surface area contributed by atoms with Crippen LogP contribution in [0.25, 0.3) is 11.4 Å². The molecule has 144 valence electrons. The van der Waals surface area contributed by atoms with Gasteiger partial charge in [0.05, 0.1) is 5.75 Å². The van der Waals surface area contributed by atoms with Gasteiger partial charge in [0.1, 0.15) is 0 Å². The average Bonchev–Trinajstić information content (AvgIpc) is 3.01. The molecule has 0 unspecified atom stereocenters. The Balaban J connectivity index is 1.61. The number of hydrogen-bond donors (Lipinski definition) is 2. The number of nitrogens with one attached hydrogen (secondary N) is 2. The molecule has 1 aromatic heterocycles. The largest absolute Gasteiger partial charge is 0.326 e. The number of thioether (sulfide) groups is 1. The van der Waals surface area contributed by atoms with Gasteiger partial charge in [0.25, 0.3) is 0 Å². The summed E-state index contributed by atoms with van der Waals surface area (Å²) in [7, 11) is 1.88. The number of amides is 2. The van der Waals surface area contributed by atoms with Crippen LogP contribution in [-0.2, 0) is 16.6 Å². The molecule has 8 heteroatoms. The maximum absolute atomic E-state index is 12.3. The number of aryl methyl sites for hydroxylation is 1. The fourth-order valence-electron chi connectivity index (χ4n) is 2.60. The van der Waals surface area contributed by atoms with Crippen LogP contribution >= 0.6 is 11.8 Å². The van der Waals surface area contributed by atoms with E-state index in [2.05, 4.69) is 20.8 Å². The van der Waals surface area contributed by atoms with Crippen LogP contribution in [0.2, 0.25) is 0 Å². The predicted molar refractivity (Wildman–Crippen MR) is 111 cm³/mol. The van der Waals surface area contributed by atoms with E-state index in [9.17, 15) is 9.59 Å². The van der Waals surface area contributed by atoms with E-state index >= 15 is 0 Å². The van der Waals surface area contributed by atoms with Crippen LogP contribution in [0.5, 0.6) is 0 Å². The summed E-state index contributed by atoms with van der Waals surface area (Å²) < 4.78 is 1.88. The van der Waals surface area contributed by atoms with Crippen molar-refractivity contribution in [2.75, 3.05) is 16.4 Å². The average molecular weight is 395 g/mol. The minimum Gasteiger partial charge on any atom is -0.326 e. The van der Waals surface area contributed by atoms with E-state index in [-0.39, 0.29) is 17.6 Å². The van der Waals surface area contributed by atoms with E-state index in [0.29, 0.717) is 16.5 Å². The molecule has 3 rings (SSSR count). The first-order valence-corrected chi connectivity index (χ1v) is 9.67. The Labute approximate surface area is 167 Å². The quantitative estimate of drug-likeness (QED) is 0.624. The molecular formula is C20H21N5O2S. The number of hydrogen-bond acceptors (Lipinski definition) is 5. The van der Waals surface area contributed by atoms with Crippen molar-refractivity contribution in [1.82, 2.24) is 14.8 Å². The molecule has 0 atom stereocenters. The molecule has 0 fully saturated rings. The van der Waals surface area contributed by atoms with Gasteiger partial charge in [0, 0.05) is 30.9 Å². The summed E-state index contributed by atoms with van der Waals surface area (Å²) in [6.45, 7) is 3.47. The third-order valence-electron chi connectivity index (χ3n) is 3.94. The second-order valence-electron chi connectivity index (χ2n) is 6.33. The topological polar surface area (TPSA) is 88.9 Å². The zero-order valence-corrected chi connectivity index (χ0v) is 16.7. The van der Waals surface area contributed by atoms with Crippen molar-refractivity contribution < 1.29 is 9.59 Å². The Kier molecular flexibility index (Phi) is 6.10. The van der Waals surface area contributed by atoms with E-state index in [0.717, 1.165) is 11.4 Å². The highest BCUT2D eigenvalue weighted by molar-refractivity contribution is 7.99. The lowest BCUT2D eigenvalue weighted by molar-refractivity contribution is -0.114. The smallest absolute Gasteiger partial charge is 0.234 e. The van der Waals surface area contributed by atoms with Gasteiger partial charge in [-0.2, -0.15) is 0 Å². The van der Waals surface area contributed by atoms with Gasteiger partial charge in [0.2, 0.25) is 11.8 Å². The second-order valence-corrected chi connectivity index (χ2v) is 7.27. The number of rotatable bonds is 6. The van der Waals surface area contributed by atoms with Gasteiger partial charge in [0.15, 0.2) is 11.0 Å². The van der Waals surface area contributed by atoms with Crippen LogP contribution in [0.3, 0.4) is 0 Å². The van der Waals surface area contributed by atoms with Gasteiger partial charge in [-0.3, -0.25) is 9.59 Å². The van der Waals surface area contributed by atoms with Crippen molar-refractivity contribution in [3.63, 3.8) is 0 Å². The summed E-state index contributed by atoms with van der Waals surface area (Å²) in [6, 6.07) is 15.1. The van der Waals surface area contributed by atoms with E-state index in [1.807, 2.05) is 42.8 Å². The fourth-order valence-corrected chi connectivity index (χ4v) is 3.31. The van der Waals surface area contributed by atoms with Crippen LogP contribution in [0.4, 0.5) is 11.4 Å². The molecule has 0 radical (unpaired) electrons. The van der Waals surface area contributed by atoms with Crippen molar-refractivity contribution in [2.24, 2.45) is 7.05 Å². The molecule has 0 saturated heterocycles. The molecule has 0 saturated carbocycles. The molecule has 2 amide bonds. The molecule has 7 nitrogen and oxygen atoms in total. The predicted octanol–water partition coefficient (Wildman–Crippen LogP) is 3.48. The number of carbonyl (C=O) groups is 2. The third kappa shape index (κ3) is 4.98. The highest BCUT2D eigenvalue weighted by atomic mass is 32.2. The SMILES string of the molecule is CC(=O)Nc1cccc(NC(=O)CSc2nnc(-c3ccc(C)cc3)n2C)c1. The zero-order chi connectivity index (χ0) is 20.1. The molecule has 0 aliphatic rings. The minimum absolute atomic E-state index is 0.161. The first kappa shape index (κ1) is 19.6. The Hall–Kier alpha value is -3.13. The van der Waals surface area contributed by atoms with E-state index in [4.69, 9.17) is 0 Å². The number of anilines is 2. The normalized spacial score (nSPS) is 10.5. The van der Waals surface area contributed by atoms with Gasteiger partial charge < -0.3 is 15.2 Å². The number of carbonyl (C=O) groups excluding carboxylic acids is 2. The summed E-state index contributed by atoms with van der Waals surface area (Å²) in [4.78, 5) is 23.4. The molecule has 28 heavy (non-hydrogen) atoms. The van der Waals surface area contributed by atoms with Crippen molar-refractivity contribution in [1.29, 1.82) is 0 Å². The van der Waals surface area contributed by atoms with E-state index < -0.39 is 0 Å². The van der Waals surface area contributed by atoms with Crippen molar-refractivity contribution >= 4 is 35.0 Å². The lowest BCUT2D eigenvalue weighted by Crippen LogP contribution is -2.15. The van der Waals surface area contributed by atoms with E-state index in [1.165, 1.54) is 24.2 Å². The lowest BCUT2D eigenvalue weighted by atomic mass is 10.1. The molecule has 0 aliphatic heterocycles. The summed E-state index contributed by atoms with van der Waals surface area (Å²) in [5.41, 5.74) is 3.41. The Morgan fingerprint density at radius 3 is 2.39 bits per heavy atom. The van der Waals surface area contributed by atoms with Gasteiger partial charge in [-0.1, -0.05) is 47.7 Å². The Morgan fingerprint density at radius 2 is 1.71 bits per heavy atom. The highest BCUT2D eigenvalue weighted by Crippen LogP contribution is 2.23. The summed E-state index contributed by atoms with van der Waals surface area (Å²) in [6.07, 6.45) is 0. The van der Waals surface area contributed by atoms with Crippen molar-refractivity contribution in [3.8, 4) is 11.4 Å². The summed E-state index contributed by atoms with van der Waals surface area (Å²) in [5.74, 6) is 0.631. The molecule has 0 spiro atoms. The standard InChI is InChI=1S/C20H21N5O2S/c1-13-7-9-15(10-8-13)19-23-24-20(25(19)3)28-12-18(27)22-17-6-4-5-16(11-17)21-14(2)26/h4-11H,12H2,1-3H3,(H,21,26)(H,22,27). The molecule has 3 aromatic rings. The zero-order valence-electron chi connectivity index (χ0n) is 15.9. The molecule has 2 aromatic carbocycles. The van der Waals surface area contributed by atoms with Gasteiger partial charge in [-0.05, 0) is 25.1 Å². The van der Waals surface area contributed by atoms with E-state index in [1.54, 1.807) is 24.3 Å². The van der Waals surface area contributed by atoms with Gasteiger partial charge in [-0.15, -0.1) is 10.2 Å². The van der Waals surface area contributed by atoms with Crippen molar-refractivity contribution in [2.45, 2.75) is 19.0 Å². The third-order valence-corrected chi connectivity index (χ3v) is 4.96. The molecule has 1 heterocycles. The molecule has 0 aliphatic carbocycles. The fraction of sp³-hybridized carbons (Fsp3) is 0.200. The molecular weight excluding hydrogens is 374 g/mol. The number of benzene rings is 2. The number of aromatic nitrogens is 3. The second kappa shape index (κ2) is 8.71. The van der Waals surface area contributed by atoms with Crippen molar-refractivity contribution in [3.05, 3.63) is 54.1 Å². The minimum atomic E-state index is -0.162. The van der Waals surface area contributed by atoms with Crippen LogP contribution in [0.1, 0.15) is 12.5 Å². The first-order valence-electron chi connectivity index (χ1n) is 8.69. The van der Waals surface area contributed by atoms with Crippen LogP contribution in [-0.4, -0.2) is 32.3 Å². The number of nitrogens with zero attached hydrogens (tertiary/aromatic N) is 3. The van der Waals surface area contributed by atoms with Crippen LogP contribution in [0, 0.1) is 6.92 Å². The van der Waals surface area contributed by atoms with Gasteiger partial charge >= 0.3 is 0 Å². The summed E-state index contributed by atoms with van der Waals surface area (Å²) in [5, 5.41) is 14.6. The lowest BCUT2D eigenvalue weighted by Gasteiger charge is -2.08. The maximum Gasteiger partial charge on any atom is 0.234 e. The first-order chi connectivity index (χ1) is 13.4. The monoisotopic (exact) mass is 395 g/mol. The molecule has 2 N–H and O–H groups in total. The summed E-state index contributed by atoms with van der Waals surface area (Å²) >= 11 is 1.32. The van der Waals surface area contributed by atoms with Gasteiger partial charge in [-0.25, -0.2) is 0 Å². The molecule has 0 bridgehead atoms. The van der Waals surface area contributed by atoms with Crippen LogP contribution < -0.4 is 10.6 Å².